The first-order valence-corrected chi connectivity index (χ1v) is 10.7. The van der Waals surface area contributed by atoms with Crippen molar-refractivity contribution in [1.82, 2.24) is 25.4 Å². The Kier molecular flexibility index (Phi) is 6.25. The number of fused-ring (bicyclic) bond motifs is 4. The van der Waals surface area contributed by atoms with Crippen LogP contribution in [0.15, 0.2) is 47.9 Å². The fourth-order valence-corrected chi connectivity index (χ4v) is 4.74. The summed E-state index contributed by atoms with van der Waals surface area (Å²) in [5.74, 6) is -0.266. The Morgan fingerprint density at radius 3 is 2.85 bits per heavy atom. The Bertz CT molecular complexity index is 940. The molecule has 2 bridgehead atoms. The van der Waals surface area contributed by atoms with Crippen molar-refractivity contribution in [1.29, 1.82) is 0 Å². The van der Waals surface area contributed by atoms with Gasteiger partial charge in [0.2, 0.25) is 0 Å². The lowest BCUT2D eigenvalue weighted by molar-refractivity contribution is -0.159. The largest absolute Gasteiger partial charge is 0.409 e. The number of nitrogens with two attached hydrogens (primary N) is 1. The average Bonchev–Trinajstić information content (AvgIpc) is 3.21. The smallest absolute Gasteiger partial charge is 0.370 e. The fourth-order valence-electron chi connectivity index (χ4n) is 4.74. The molecule has 9 nitrogen and oxygen atoms in total. The van der Waals surface area contributed by atoms with Crippen LogP contribution in [0.1, 0.15) is 13.3 Å². The van der Waals surface area contributed by atoms with Crippen molar-refractivity contribution in [3.8, 4) is 0 Å². The molecule has 1 amide bonds. The lowest BCUT2D eigenvalue weighted by Crippen LogP contribution is -2.71. The van der Waals surface area contributed by atoms with Crippen LogP contribution in [0, 0.1) is 0 Å². The van der Waals surface area contributed by atoms with Gasteiger partial charge in [-0.25, -0.2) is 9.88 Å². The van der Waals surface area contributed by atoms with Crippen LogP contribution >= 0.6 is 0 Å². The molecule has 4 heterocycles. The summed E-state index contributed by atoms with van der Waals surface area (Å²) in [7, 11) is 1.57. The standard InChI is InChI=1S/C21H28F3N7O2/c1-20-16(7-6-14(29-20)18(32)27-15(11-25)21(22,23)24)30-10-8-13(12-30)31(20)19(33-2)28-17-5-3-4-9-26-17/h3-7,9,13,15,19,29H,8,10-12,25H2,1-2H3,(H,26,28)(H,27,32). The molecule has 1 aromatic rings. The van der Waals surface area contributed by atoms with Gasteiger partial charge in [0.1, 0.15) is 23.2 Å². The van der Waals surface area contributed by atoms with Crippen LogP contribution in [0.4, 0.5) is 19.0 Å². The number of anilines is 1. The Labute approximate surface area is 189 Å². The van der Waals surface area contributed by atoms with Gasteiger partial charge >= 0.3 is 6.18 Å². The number of halogens is 3. The lowest BCUT2D eigenvalue weighted by atomic mass is 9.95. The van der Waals surface area contributed by atoms with Gasteiger partial charge in [-0.2, -0.15) is 13.2 Å². The third-order valence-corrected chi connectivity index (χ3v) is 6.29. The van der Waals surface area contributed by atoms with Gasteiger partial charge in [0, 0.05) is 39.0 Å². The minimum Gasteiger partial charge on any atom is -0.370 e. The summed E-state index contributed by atoms with van der Waals surface area (Å²) < 4.78 is 45.2. The molecule has 0 aromatic carbocycles. The fraction of sp³-hybridized carbons (Fsp3) is 0.524. The number of carbonyl (C=O) groups excluding carboxylic acids is 1. The van der Waals surface area contributed by atoms with Crippen LogP contribution in [0.2, 0.25) is 0 Å². The zero-order valence-corrected chi connectivity index (χ0v) is 18.4. The van der Waals surface area contributed by atoms with Crippen LogP contribution in [-0.4, -0.2) is 77.7 Å². The number of hydrogen-bond acceptors (Lipinski definition) is 8. The zero-order chi connectivity index (χ0) is 23.8. The number of rotatable bonds is 7. The maximum absolute atomic E-state index is 13.1. The molecular weight excluding hydrogens is 439 g/mol. The monoisotopic (exact) mass is 467 g/mol. The topological polar surface area (TPSA) is 108 Å². The van der Waals surface area contributed by atoms with E-state index < -0.39 is 36.7 Å². The quantitative estimate of drug-likeness (QED) is 0.439. The van der Waals surface area contributed by atoms with Gasteiger partial charge < -0.3 is 31.3 Å². The number of amides is 1. The average molecular weight is 467 g/mol. The second kappa shape index (κ2) is 8.84. The van der Waals surface area contributed by atoms with Gasteiger partial charge in [-0.05, 0) is 37.6 Å². The summed E-state index contributed by atoms with van der Waals surface area (Å²) in [6.07, 6.45) is 0.553. The highest BCUT2D eigenvalue weighted by Gasteiger charge is 2.54. The number of dihydropyridines is 1. The predicted molar refractivity (Wildman–Crippen MR) is 115 cm³/mol. The molecule has 5 N–H and O–H groups in total. The second-order valence-electron chi connectivity index (χ2n) is 8.38. The van der Waals surface area contributed by atoms with E-state index in [9.17, 15) is 18.0 Å². The van der Waals surface area contributed by atoms with E-state index in [0.29, 0.717) is 5.82 Å². The molecule has 3 aliphatic heterocycles. The van der Waals surface area contributed by atoms with Gasteiger partial charge in [-0.3, -0.25) is 4.79 Å². The van der Waals surface area contributed by atoms with Gasteiger partial charge in [0.15, 0.2) is 6.35 Å². The summed E-state index contributed by atoms with van der Waals surface area (Å²) in [6.45, 7) is 2.73. The molecule has 2 saturated heterocycles. The van der Waals surface area contributed by atoms with Crippen LogP contribution in [0.25, 0.3) is 0 Å². The molecule has 33 heavy (non-hydrogen) atoms. The van der Waals surface area contributed by atoms with E-state index in [1.54, 1.807) is 25.4 Å². The second-order valence-corrected chi connectivity index (χ2v) is 8.38. The number of nitrogens with zero attached hydrogens (tertiary/aromatic N) is 3. The number of nitrogens with one attached hydrogen (secondary N) is 3. The highest BCUT2D eigenvalue weighted by Crippen LogP contribution is 2.41. The summed E-state index contributed by atoms with van der Waals surface area (Å²) in [6, 6.07) is 3.41. The molecule has 4 unspecified atom stereocenters. The number of piperazine rings is 1. The number of methoxy groups -OCH3 is 1. The summed E-state index contributed by atoms with van der Waals surface area (Å²) in [4.78, 5) is 21.3. The van der Waals surface area contributed by atoms with Crippen LogP contribution in [0.3, 0.4) is 0 Å². The summed E-state index contributed by atoms with van der Waals surface area (Å²) >= 11 is 0. The van der Waals surface area contributed by atoms with E-state index in [0.717, 1.165) is 25.2 Å². The highest BCUT2D eigenvalue weighted by molar-refractivity contribution is 5.94. The number of carbonyl (C=O) groups is 1. The summed E-state index contributed by atoms with van der Waals surface area (Å²) in [5.41, 5.74) is 5.24. The number of allylic oxidation sites excluding steroid dienone is 2. The van der Waals surface area contributed by atoms with Crippen LogP contribution in [-0.2, 0) is 9.53 Å². The normalized spacial score (nSPS) is 26.5. The number of hydrogen-bond donors (Lipinski definition) is 4. The van der Waals surface area contributed by atoms with Crippen LogP contribution in [0.5, 0.6) is 0 Å². The minimum atomic E-state index is -4.64. The van der Waals surface area contributed by atoms with Crippen molar-refractivity contribution in [2.24, 2.45) is 5.73 Å². The zero-order valence-electron chi connectivity index (χ0n) is 18.4. The minimum absolute atomic E-state index is 0.0177. The molecule has 2 fully saturated rings. The number of pyridine rings is 1. The SMILES string of the molecule is COC(Nc1ccccn1)N1C2CCN(C2)C2=CC=C(C(=O)NC(CN)C(F)(F)F)NC21C. The number of ether oxygens (including phenoxy) is 1. The predicted octanol–water partition coefficient (Wildman–Crippen LogP) is 0.906. The molecule has 4 atom stereocenters. The summed E-state index contributed by atoms with van der Waals surface area (Å²) in [5, 5.41) is 8.43. The molecule has 1 aromatic heterocycles. The van der Waals surface area contributed by atoms with Crippen molar-refractivity contribution in [3.05, 3.63) is 47.9 Å². The third-order valence-electron chi connectivity index (χ3n) is 6.29. The van der Waals surface area contributed by atoms with E-state index in [1.807, 2.05) is 24.4 Å². The number of aromatic nitrogens is 1. The first-order chi connectivity index (χ1) is 15.7. The van der Waals surface area contributed by atoms with Crippen molar-refractivity contribution in [2.45, 2.75) is 43.6 Å². The van der Waals surface area contributed by atoms with Crippen LogP contribution < -0.4 is 21.7 Å². The first-order valence-electron chi connectivity index (χ1n) is 10.7. The van der Waals surface area contributed by atoms with Crippen molar-refractivity contribution in [3.63, 3.8) is 0 Å². The molecule has 4 rings (SSSR count). The maximum atomic E-state index is 13.1. The van der Waals surface area contributed by atoms with E-state index >= 15 is 0 Å². The van der Waals surface area contributed by atoms with Crippen molar-refractivity contribution in [2.75, 3.05) is 32.1 Å². The van der Waals surface area contributed by atoms with Gasteiger partial charge in [0.05, 0.1) is 5.70 Å². The highest BCUT2D eigenvalue weighted by atomic mass is 19.4. The molecule has 180 valence electrons. The molecule has 0 aliphatic carbocycles. The Morgan fingerprint density at radius 1 is 1.42 bits per heavy atom. The van der Waals surface area contributed by atoms with E-state index in [2.05, 4.69) is 25.4 Å². The van der Waals surface area contributed by atoms with Gasteiger partial charge in [-0.15, -0.1) is 0 Å². The van der Waals surface area contributed by atoms with E-state index in [4.69, 9.17) is 10.5 Å². The van der Waals surface area contributed by atoms with Crippen molar-refractivity contribution < 1.29 is 22.7 Å². The Balaban J connectivity index is 1.62. The lowest BCUT2D eigenvalue weighted by Gasteiger charge is -2.55. The van der Waals surface area contributed by atoms with E-state index in [-0.39, 0.29) is 11.7 Å². The molecule has 12 heteroatoms. The number of alkyl halides is 3. The molecule has 3 aliphatic rings. The van der Waals surface area contributed by atoms with Gasteiger partial charge in [-0.1, -0.05) is 6.07 Å². The molecule has 0 saturated carbocycles. The van der Waals surface area contributed by atoms with Crippen molar-refractivity contribution >= 4 is 11.7 Å². The van der Waals surface area contributed by atoms with Gasteiger partial charge in [0.25, 0.3) is 5.91 Å². The Hall–Kier alpha value is -2.83. The Morgan fingerprint density at radius 2 is 2.21 bits per heavy atom. The third kappa shape index (κ3) is 4.37. The maximum Gasteiger partial charge on any atom is 0.409 e. The molecule has 0 spiro atoms. The molecule has 0 radical (unpaired) electrons. The molecular formula is C21H28F3N7O2. The first kappa shape index (κ1) is 23.3. The van der Waals surface area contributed by atoms with E-state index in [1.165, 1.54) is 6.08 Å².